The SMILES string of the molecule is CNC(c1cc(C)ccc1F)c1cccc(Br)c1Cl. The standard InChI is InChI=1S/C15H14BrClFN/c1-9-6-7-13(18)11(8-9)15(19-2)10-4-3-5-12(16)14(10)17/h3-8,15,19H,1-2H3. The van der Waals surface area contributed by atoms with Crippen molar-refractivity contribution in [3.63, 3.8) is 0 Å². The second-order valence-electron chi connectivity index (χ2n) is 4.39. The van der Waals surface area contributed by atoms with Gasteiger partial charge in [0.25, 0.3) is 0 Å². The maximum atomic E-state index is 14.0. The molecule has 0 spiro atoms. The molecule has 0 bridgehead atoms. The highest BCUT2D eigenvalue weighted by atomic mass is 79.9. The van der Waals surface area contributed by atoms with Gasteiger partial charge in [-0.25, -0.2) is 4.39 Å². The molecule has 0 radical (unpaired) electrons. The number of hydrogen-bond donors (Lipinski definition) is 1. The lowest BCUT2D eigenvalue weighted by molar-refractivity contribution is 0.575. The minimum atomic E-state index is -0.273. The van der Waals surface area contributed by atoms with Crippen molar-refractivity contribution < 1.29 is 4.39 Å². The summed E-state index contributed by atoms with van der Waals surface area (Å²) in [6, 6.07) is 10.5. The Morgan fingerprint density at radius 1 is 1.21 bits per heavy atom. The molecule has 1 nitrogen and oxygen atoms in total. The van der Waals surface area contributed by atoms with Crippen LogP contribution < -0.4 is 5.32 Å². The van der Waals surface area contributed by atoms with Gasteiger partial charge in [0.05, 0.1) is 11.1 Å². The molecule has 0 aromatic heterocycles. The number of aryl methyl sites for hydroxylation is 1. The predicted octanol–water partition coefficient (Wildman–Crippen LogP) is 4.86. The molecular weight excluding hydrogens is 329 g/mol. The molecule has 2 rings (SSSR count). The largest absolute Gasteiger partial charge is 0.309 e. The Morgan fingerprint density at radius 2 is 1.95 bits per heavy atom. The number of rotatable bonds is 3. The summed E-state index contributed by atoms with van der Waals surface area (Å²) in [6.07, 6.45) is 0. The van der Waals surface area contributed by atoms with E-state index < -0.39 is 0 Å². The van der Waals surface area contributed by atoms with E-state index in [1.165, 1.54) is 6.07 Å². The summed E-state index contributed by atoms with van der Waals surface area (Å²) in [5, 5.41) is 3.73. The molecule has 1 atom stereocenters. The third kappa shape index (κ3) is 2.99. The lowest BCUT2D eigenvalue weighted by Gasteiger charge is -2.20. The van der Waals surface area contributed by atoms with E-state index in [1.54, 1.807) is 13.1 Å². The van der Waals surface area contributed by atoms with E-state index in [0.717, 1.165) is 15.6 Å². The average molecular weight is 343 g/mol. The van der Waals surface area contributed by atoms with Crippen LogP contribution in [0.15, 0.2) is 40.9 Å². The van der Waals surface area contributed by atoms with Gasteiger partial charge in [-0.1, -0.05) is 41.4 Å². The highest BCUT2D eigenvalue weighted by Gasteiger charge is 2.19. The van der Waals surface area contributed by atoms with Gasteiger partial charge in [-0.15, -0.1) is 0 Å². The first-order valence-corrected chi connectivity index (χ1v) is 7.09. The van der Waals surface area contributed by atoms with Gasteiger partial charge in [0.1, 0.15) is 5.82 Å². The van der Waals surface area contributed by atoms with E-state index in [2.05, 4.69) is 21.2 Å². The first-order chi connectivity index (χ1) is 9.04. The average Bonchev–Trinajstić information content (AvgIpc) is 2.39. The highest BCUT2D eigenvalue weighted by molar-refractivity contribution is 9.10. The first-order valence-electron chi connectivity index (χ1n) is 5.92. The van der Waals surface area contributed by atoms with Crippen molar-refractivity contribution in [2.24, 2.45) is 0 Å². The van der Waals surface area contributed by atoms with Gasteiger partial charge < -0.3 is 5.32 Å². The van der Waals surface area contributed by atoms with Crippen molar-refractivity contribution in [1.82, 2.24) is 5.32 Å². The van der Waals surface area contributed by atoms with Gasteiger partial charge in [0, 0.05) is 10.0 Å². The summed E-state index contributed by atoms with van der Waals surface area (Å²) >= 11 is 9.70. The number of benzene rings is 2. The molecule has 19 heavy (non-hydrogen) atoms. The van der Waals surface area contributed by atoms with E-state index in [9.17, 15) is 4.39 Å². The fourth-order valence-corrected chi connectivity index (χ4v) is 2.72. The number of nitrogens with one attached hydrogen (secondary N) is 1. The van der Waals surface area contributed by atoms with E-state index in [4.69, 9.17) is 11.6 Å². The summed E-state index contributed by atoms with van der Waals surface area (Å²) in [5.74, 6) is -0.235. The van der Waals surface area contributed by atoms with Crippen LogP contribution in [0.3, 0.4) is 0 Å². The van der Waals surface area contributed by atoms with E-state index in [-0.39, 0.29) is 11.9 Å². The molecular formula is C15H14BrClFN. The van der Waals surface area contributed by atoms with Crippen LogP contribution in [0.1, 0.15) is 22.7 Å². The topological polar surface area (TPSA) is 12.0 Å². The molecule has 0 heterocycles. The fraction of sp³-hybridized carbons (Fsp3) is 0.200. The maximum Gasteiger partial charge on any atom is 0.128 e. The maximum absolute atomic E-state index is 14.0. The zero-order chi connectivity index (χ0) is 14.0. The Kier molecular flexibility index (Phi) is 4.61. The summed E-state index contributed by atoms with van der Waals surface area (Å²) in [7, 11) is 1.80. The monoisotopic (exact) mass is 341 g/mol. The van der Waals surface area contributed by atoms with Crippen molar-refractivity contribution in [2.75, 3.05) is 7.05 Å². The van der Waals surface area contributed by atoms with Crippen LogP contribution in [0.4, 0.5) is 4.39 Å². The lowest BCUT2D eigenvalue weighted by atomic mass is 9.97. The minimum Gasteiger partial charge on any atom is -0.309 e. The Morgan fingerprint density at radius 3 is 2.63 bits per heavy atom. The van der Waals surface area contributed by atoms with Crippen molar-refractivity contribution >= 4 is 27.5 Å². The van der Waals surface area contributed by atoms with E-state index in [0.29, 0.717) is 10.6 Å². The van der Waals surface area contributed by atoms with Crippen molar-refractivity contribution in [3.8, 4) is 0 Å². The second-order valence-corrected chi connectivity index (χ2v) is 5.62. The molecule has 2 aromatic carbocycles. The Hall–Kier alpha value is -0.900. The van der Waals surface area contributed by atoms with Gasteiger partial charge in [-0.05, 0) is 47.6 Å². The highest BCUT2D eigenvalue weighted by Crippen LogP contribution is 2.34. The van der Waals surface area contributed by atoms with Crippen molar-refractivity contribution in [3.05, 3.63) is 68.4 Å². The molecule has 1 N–H and O–H groups in total. The van der Waals surface area contributed by atoms with Crippen molar-refractivity contribution in [2.45, 2.75) is 13.0 Å². The molecule has 0 aliphatic rings. The number of hydrogen-bond acceptors (Lipinski definition) is 1. The van der Waals surface area contributed by atoms with Gasteiger partial charge in [-0.2, -0.15) is 0 Å². The Labute approximate surface area is 125 Å². The van der Waals surface area contributed by atoms with Crippen LogP contribution in [-0.4, -0.2) is 7.05 Å². The van der Waals surface area contributed by atoms with Crippen LogP contribution >= 0.6 is 27.5 Å². The third-order valence-corrected chi connectivity index (χ3v) is 4.35. The molecule has 4 heteroatoms. The molecule has 2 aromatic rings. The summed E-state index contributed by atoms with van der Waals surface area (Å²) < 4.78 is 14.8. The fourth-order valence-electron chi connectivity index (χ4n) is 2.11. The van der Waals surface area contributed by atoms with Crippen LogP contribution in [0.25, 0.3) is 0 Å². The zero-order valence-corrected chi connectivity index (χ0v) is 13.0. The molecule has 0 amide bonds. The molecule has 1 unspecified atom stereocenters. The Balaban J connectivity index is 2.56. The molecule has 0 saturated carbocycles. The molecule has 0 fully saturated rings. The minimum absolute atomic E-state index is 0.235. The van der Waals surface area contributed by atoms with E-state index >= 15 is 0 Å². The molecule has 100 valence electrons. The first kappa shape index (κ1) is 14.5. The van der Waals surface area contributed by atoms with Crippen LogP contribution in [0, 0.1) is 12.7 Å². The van der Waals surface area contributed by atoms with Gasteiger partial charge in [0.15, 0.2) is 0 Å². The quantitative estimate of drug-likeness (QED) is 0.840. The van der Waals surface area contributed by atoms with E-state index in [1.807, 2.05) is 31.2 Å². The molecule has 0 aliphatic carbocycles. The van der Waals surface area contributed by atoms with Crippen LogP contribution in [-0.2, 0) is 0 Å². The van der Waals surface area contributed by atoms with Crippen LogP contribution in [0.5, 0.6) is 0 Å². The van der Waals surface area contributed by atoms with Gasteiger partial charge in [0.2, 0.25) is 0 Å². The summed E-state index contributed by atoms with van der Waals surface area (Å²) in [4.78, 5) is 0. The number of halogens is 3. The van der Waals surface area contributed by atoms with Crippen molar-refractivity contribution in [1.29, 1.82) is 0 Å². The predicted molar refractivity (Wildman–Crippen MR) is 81.2 cm³/mol. The summed E-state index contributed by atoms with van der Waals surface area (Å²) in [5.41, 5.74) is 2.47. The van der Waals surface area contributed by atoms with Crippen LogP contribution in [0.2, 0.25) is 5.02 Å². The normalized spacial score (nSPS) is 12.5. The third-order valence-electron chi connectivity index (χ3n) is 3.04. The van der Waals surface area contributed by atoms with Gasteiger partial charge in [-0.3, -0.25) is 0 Å². The zero-order valence-electron chi connectivity index (χ0n) is 10.7. The smallest absolute Gasteiger partial charge is 0.128 e. The molecule has 0 aliphatic heterocycles. The summed E-state index contributed by atoms with van der Waals surface area (Å²) in [6.45, 7) is 1.94. The molecule has 0 saturated heterocycles. The lowest BCUT2D eigenvalue weighted by Crippen LogP contribution is -2.19. The second kappa shape index (κ2) is 6.04. The van der Waals surface area contributed by atoms with Gasteiger partial charge >= 0.3 is 0 Å². The Bertz CT molecular complexity index is 599.